The van der Waals surface area contributed by atoms with E-state index in [0.717, 1.165) is 60.8 Å². The molecule has 5 nitrogen and oxygen atoms in total. The molecule has 3 aliphatic heterocycles. The zero-order chi connectivity index (χ0) is 26.2. The Morgan fingerprint density at radius 1 is 1.05 bits per heavy atom. The molecule has 0 aromatic heterocycles. The summed E-state index contributed by atoms with van der Waals surface area (Å²) in [6, 6.07) is 5.86. The van der Waals surface area contributed by atoms with Crippen molar-refractivity contribution in [2.24, 2.45) is 0 Å². The Labute approximate surface area is 221 Å². The lowest BCUT2D eigenvalue weighted by Gasteiger charge is -2.40. The standard InChI is InChI=1S/C28H26F3N3O2Si.CH4/c1-37(2)19-13-15(33-9-3-10-33)5-7-17(19)21(18-8-6-16(14-20(18)37)34-11-4-12-34)22-23(28(35)36)24(29)26(31)27(32)25(22)30;/h5-8,13-14H,3-4,9-12,32H2,1-2H3;1H4. The summed E-state index contributed by atoms with van der Waals surface area (Å²) < 4.78 is 47.4. The molecule has 2 aromatic carbocycles. The second-order valence-corrected chi connectivity index (χ2v) is 14.9. The molecule has 38 heavy (non-hydrogen) atoms. The van der Waals surface area contributed by atoms with Crippen molar-refractivity contribution in [2.45, 2.75) is 33.4 Å². The van der Waals surface area contributed by atoms with Crippen LogP contribution in [0, 0.1) is 17.5 Å². The lowest BCUT2D eigenvalue weighted by atomic mass is 9.86. The van der Waals surface area contributed by atoms with E-state index < -0.39 is 48.3 Å². The van der Waals surface area contributed by atoms with Gasteiger partial charge in [-0.25, -0.2) is 17.7 Å². The summed E-state index contributed by atoms with van der Waals surface area (Å²) in [5.41, 5.74) is 6.32. The van der Waals surface area contributed by atoms with Crippen LogP contribution < -0.4 is 20.9 Å². The van der Waals surface area contributed by atoms with Crippen molar-refractivity contribution < 1.29 is 27.6 Å². The number of fused-ring (bicyclic) bond motifs is 2. The van der Waals surface area contributed by atoms with Crippen LogP contribution in [-0.2, 0) is 0 Å². The minimum Gasteiger partial charge on any atom is -0.545 e. The minimum absolute atomic E-state index is 0. The average molecular weight is 538 g/mol. The number of carbonyl (C=O) groups excluding carboxylic acids is 1. The molecule has 4 aliphatic rings. The molecule has 0 saturated carbocycles. The first kappa shape index (κ1) is 26.0. The van der Waals surface area contributed by atoms with Gasteiger partial charge in [0, 0.05) is 42.1 Å². The molecule has 198 valence electrons. The number of nitrogen functional groups attached to an aromatic ring is 1. The Bertz CT molecular complexity index is 1530. The summed E-state index contributed by atoms with van der Waals surface area (Å²) >= 11 is 0. The van der Waals surface area contributed by atoms with Gasteiger partial charge in [-0.05, 0) is 51.7 Å². The number of allylic oxidation sites excluding steroid dienone is 5. The van der Waals surface area contributed by atoms with E-state index in [0.29, 0.717) is 11.1 Å². The van der Waals surface area contributed by atoms with E-state index in [2.05, 4.69) is 34.7 Å². The molecule has 2 N–H and O–H groups in total. The number of nitrogens with zero attached hydrogens (tertiary/aromatic N) is 2. The van der Waals surface area contributed by atoms with E-state index >= 15 is 4.39 Å². The normalized spacial score (nSPS) is 19.2. The first-order valence-corrected chi connectivity index (χ1v) is 15.5. The Kier molecular flexibility index (Phi) is 6.17. The van der Waals surface area contributed by atoms with Gasteiger partial charge < -0.3 is 20.5 Å². The minimum atomic E-state index is -2.40. The summed E-state index contributed by atoms with van der Waals surface area (Å²) in [5.74, 6) is -6.75. The number of rotatable bonds is 3. The largest absolute Gasteiger partial charge is 0.545 e. The predicted molar refractivity (Wildman–Crippen MR) is 145 cm³/mol. The average Bonchev–Trinajstić information content (AvgIpc) is 2.79. The SMILES string of the molecule is C.C[Si]1(C)C2=CC(=[N+]3CCC3)C=CC2=C(c2c(F)c(N)c(F)c(F)c2C(=O)[O-])c2ccc(N3CCC3)cc21. The quantitative estimate of drug-likeness (QED) is 0.282. The van der Waals surface area contributed by atoms with Gasteiger partial charge >= 0.3 is 0 Å². The first-order valence-electron chi connectivity index (χ1n) is 12.5. The number of carboxylic acids is 1. The van der Waals surface area contributed by atoms with Crippen LogP contribution in [0.5, 0.6) is 0 Å². The van der Waals surface area contributed by atoms with Gasteiger partial charge in [-0.15, -0.1) is 0 Å². The molecular weight excluding hydrogens is 507 g/mol. The van der Waals surface area contributed by atoms with E-state index in [1.54, 1.807) is 0 Å². The van der Waals surface area contributed by atoms with Crippen LogP contribution in [0.3, 0.4) is 0 Å². The maximum Gasteiger partial charge on any atom is 0.199 e. The van der Waals surface area contributed by atoms with E-state index in [4.69, 9.17) is 5.73 Å². The number of hydrogen-bond acceptors (Lipinski definition) is 4. The van der Waals surface area contributed by atoms with Crippen molar-refractivity contribution in [3.8, 4) is 0 Å². The van der Waals surface area contributed by atoms with Crippen LogP contribution in [0.25, 0.3) is 5.57 Å². The Morgan fingerprint density at radius 2 is 1.76 bits per heavy atom. The van der Waals surface area contributed by atoms with Crippen LogP contribution >= 0.6 is 0 Å². The lowest BCUT2D eigenvalue weighted by Crippen LogP contribution is -2.50. The van der Waals surface area contributed by atoms with Crippen LogP contribution in [0.1, 0.15) is 41.8 Å². The smallest absolute Gasteiger partial charge is 0.199 e. The molecule has 0 bridgehead atoms. The van der Waals surface area contributed by atoms with Gasteiger partial charge in [-0.2, -0.15) is 0 Å². The molecule has 0 atom stereocenters. The number of halogens is 3. The highest BCUT2D eigenvalue weighted by Crippen LogP contribution is 2.45. The summed E-state index contributed by atoms with van der Waals surface area (Å²) in [6.07, 6.45) is 8.06. The van der Waals surface area contributed by atoms with Crippen molar-refractivity contribution in [1.29, 1.82) is 0 Å². The van der Waals surface area contributed by atoms with Gasteiger partial charge in [0.2, 0.25) is 0 Å². The van der Waals surface area contributed by atoms with Crippen molar-refractivity contribution in [2.75, 3.05) is 36.8 Å². The van der Waals surface area contributed by atoms with Crippen molar-refractivity contribution in [1.82, 2.24) is 0 Å². The molecule has 0 radical (unpaired) electrons. The number of anilines is 2. The summed E-state index contributed by atoms with van der Waals surface area (Å²) in [4.78, 5) is 14.3. The highest BCUT2D eigenvalue weighted by atomic mass is 28.3. The molecule has 0 amide bonds. The highest BCUT2D eigenvalue weighted by Gasteiger charge is 2.43. The molecule has 2 aromatic rings. The third kappa shape index (κ3) is 3.59. The van der Waals surface area contributed by atoms with Crippen molar-refractivity contribution >= 4 is 41.9 Å². The molecule has 6 rings (SSSR count). The van der Waals surface area contributed by atoms with Gasteiger partial charge in [-0.1, -0.05) is 26.6 Å². The van der Waals surface area contributed by atoms with Crippen LogP contribution in [0.15, 0.2) is 47.2 Å². The van der Waals surface area contributed by atoms with Crippen LogP contribution in [0.2, 0.25) is 13.1 Å². The number of aromatic carboxylic acids is 1. The molecule has 2 saturated heterocycles. The molecule has 1 aliphatic carbocycles. The maximum atomic E-state index is 15.7. The van der Waals surface area contributed by atoms with E-state index in [1.807, 2.05) is 24.3 Å². The number of benzene rings is 2. The summed E-state index contributed by atoms with van der Waals surface area (Å²) in [5, 5.41) is 14.0. The molecule has 2 fully saturated rings. The van der Waals surface area contributed by atoms with E-state index in [9.17, 15) is 18.7 Å². The Balaban J connectivity index is 0.00000294. The zero-order valence-corrected chi connectivity index (χ0v) is 21.6. The van der Waals surface area contributed by atoms with Crippen LogP contribution in [-0.4, -0.2) is 50.5 Å². The first-order chi connectivity index (χ1) is 17.6. The van der Waals surface area contributed by atoms with Crippen molar-refractivity contribution in [3.05, 3.63) is 81.3 Å². The van der Waals surface area contributed by atoms with Crippen LogP contribution in [0.4, 0.5) is 24.5 Å². The molecular formula is C29H30F3N3O2Si. The summed E-state index contributed by atoms with van der Waals surface area (Å²) in [7, 11) is -2.40. The van der Waals surface area contributed by atoms with Gasteiger partial charge in [0.1, 0.15) is 26.9 Å². The summed E-state index contributed by atoms with van der Waals surface area (Å²) in [6.45, 7) is 8.17. The fourth-order valence-electron chi connectivity index (χ4n) is 5.74. The third-order valence-corrected chi connectivity index (χ3v) is 11.7. The van der Waals surface area contributed by atoms with Gasteiger partial charge in [0.25, 0.3) is 0 Å². The number of carbonyl (C=O) groups is 1. The number of carboxylic acid groups (broad SMARTS) is 1. The monoisotopic (exact) mass is 537 g/mol. The highest BCUT2D eigenvalue weighted by molar-refractivity contribution is 6.98. The van der Waals surface area contributed by atoms with E-state index in [1.165, 1.54) is 0 Å². The third-order valence-electron chi connectivity index (χ3n) is 8.14. The van der Waals surface area contributed by atoms with Gasteiger partial charge in [-0.3, -0.25) is 0 Å². The molecule has 0 spiro atoms. The van der Waals surface area contributed by atoms with Gasteiger partial charge in [0.15, 0.2) is 23.2 Å². The fraction of sp³-hybridized carbons (Fsp3) is 0.310. The topological polar surface area (TPSA) is 72.4 Å². The molecule has 3 heterocycles. The maximum absolute atomic E-state index is 15.7. The zero-order valence-electron chi connectivity index (χ0n) is 20.6. The second-order valence-electron chi connectivity index (χ2n) is 10.5. The Morgan fingerprint density at radius 3 is 2.34 bits per heavy atom. The number of hydrogen-bond donors (Lipinski definition) is 1. The van der Waals surface area contributed by atoms with Gasteiger partial charge in [0.05, 0.1) is 12.4 Å². The number of nitrogens with two attached hydrogens (primary N) is 1. The second kappa shape index (κ2) is 9.01. The molecule has 9 heteroatoms. The molecule has 0 unspecified atom stereocenters. The predicted octanol–water partition coefficient (Wildman–Crippen LogP) is 3.52. The van der Waals surface area contributed by atoms with E-state index in [-0.39, 0.29) is 13.0 Å². The lowest BCUT2D eigenvalue weighted by molar-refractivity contribution is -0.582. The fourth-order valence-corrected chi connectivity index (χ4v) is 8.81. The Hall–Kier alpha value is -3.59. The van der Waals surface area contributed by atoms with Crippen molar-refractivity contribution in [3.63, 3.8) is 0 Å².